The van der Waals surface area contributed by atoms with Crippen molar-refractivity contribution >= 4 is 30.8 Å². The molecule has 0 unspecified atom stereocenters. The zero-order valence-electron chi connectivity index (χ0n) is 21.9. The molecule has 13 heteroatoms. The van der Waals surface area contributed by atoms with Crippen molar-refractivity contribution in [3.63, 3.8) is 0 Å². The summed E-state index contributed by atoms with van der Waals surface area (Å²) in [7, 11) is 0.0843. The summed E-state index contributed by atoms with van der Waals surface area (Å²) in [6.45, 7) is 9.39. The summed E-state index contributed by atoms with van der Waals surface area (Å²) in [5, 5.41) is 0. The molecule has 0 radical (unpaired) electrons. The first-order valence-corrected chi connectivity index (χ1v) is 15.9. The van der Waals surface area contributed by atoms with Crippen LogP contribution in [0.25, 0.3) is 11.0 Å². The number of nitrogens with two attached hydrogens (primary N) is 1. The molecule has 0 aliphatic carbocycles. The maximum atomic E-state index is 14.6. The first kappa shape index (κ1) is 28.0. The lowest BCUT2D eigenvalue weighted by Crippen LogP contribution is -2.32. The summed E-state index contributed by atoms with van der Waals surface area (Å²) < 4.78 is 66.8. The second-order valence-electron chi connectivity index (χ2n) is 10.7. The van der Waals surface area contributed by atoms with Gasteiger partial charge in [-0.1, -0.05) is 19.6 Å². The van der Waals surface area contributed by atoms with Crippen LogP contribution in [0.5, 0.6) is 0 Å². The first-order valence-electron chi connectivity index (χ1n) is 12.1. The van der Waals surface area contributed by atoms with Crippen LogP contribution in [0.4, 0.5) is 23.4 Å². The lowest BCUT2D eigenvalue weighted by Gasteiger charge is -2.26. The standard InChI is InChI=1S/C25H31F4N5O3Si/c1-14(21-18(26)8-15(10-31-21)25(27,28)29)33(2)24(35)20-9-19-22(16-11-37-12-17(16)23(30)32-19)34(20)13-36-6-7-38(3,4)5/h8-10,14H,6-7,11-13H2,1-5H3,(H2,30,32)/t14-/m1/s1. The van der Waals surface area contributed by atoms with Crippen molar-refractivity contribution in [1.29, 1.82) is 0 Å². The second-order valence-corrected chi connectivity index (χ2v) is 16.3. The van der Waals surface area contributed by atoms with Gasteiger partial charge < -0.3 is 24.7 Å². The van der Waals surface area contributed by atoms with E-state index in [0.29, 0.717) is 48.9 Å². The summed E-state index contributed by atoms with van der Waals surface area (Å²) in [6.07, 6.45) is -4.17. The van der Waals surface area contributed by atoms with E-state index < -0.39 is 37.6 Å². The number of ether oxygens (including phenoxy) is 2. The predicted octanol–water partition coefficient (Wildman–Crippen LogP) is 5.35. The van der Waals surface area contributed by atoms with E-state index in [1.807, 2.05) is 0 Å². The number of fused-ring (bicyclic) bond motifs is 3. The highest BCUT2D eigenvalue weighted by Gasteiger charge is 2.34. The van der Waals surface area contributed by atoms with E-state index in [-0.39, 0.29) is 18.1 Å². The molecule has 8 nitrogen and oxygen atoms in total. The Morgan fingerprint density at radius 3 is 2.58 bits per heavy atom. The number of hydrogen-bond donors (Lipinski definition) is 1. The molecule has 1 amide bonds. The lowest BCUT2D eigenvalue weighted by atomic mass is 10.1. The van der Waals surface area contributed by atoms with Crippen molar-refractivity contribution in [2.45, 2.75) is 64.8 Å². The molecule has 206 valence electrons. The SMILES string of the molecule is C[C@H](c1ncc(C(F)(F)F)cc1F)N(C)C(=O)c1cc2nc(N)c3c(c2n1COCC[Si](C)(C)C)COC3. The molecule has 0 bridgehead atoms. The third-order valence-corrected chi connectivity index (χ3v) is 8.40. The number of halogens is 4. The maximum absolute atomic E-state index is 14.6. The quantitative estimate of drug-likeness (QED) is 0.230. The van der Waals surface area contributed by atoms with Crippen molar-refractivity contribution in [2.75, 3.05) is 19.4 Å². The largest absolute Gasteiger partial charge is 0.417 e. The van der Waals surface area contributed by atoms with E-state index in [9.17, 15) is 22.4 Å². The Bertz CT molecular complexity index is 1370. The molecule has 4 heterocycles. The van der Waals surface area contributed by atoms with Crippen molar-refractivity contribution in [2.24, 2.45) is 0 Å². The number of nitrogen functional groups attached to an aromatic ring is 1. The number of amides is 1. The van der Waals surface area contributed by atoms with Gasteiger partial charge in [0, 0.05) is 39.1 Å². The van der Waals surface area contributed by atoms with Crippen LogP contribution in [-0.4, -0.2) is 47.1 Å². The Balaban J connectivity index is 1.69. The van der Waals surface area contributed by atoms with Crippen LogP contribution < -0.4 is 5.73 Å². The Morgan fingerprint density at radius 1 is 1.26 bits per heavy atom. The Labute approximate surface area is 218 Å². The van der Waals surface area contributed by atoms with Gasteiger partial charge in [-0.15, -0.1) is 0 Å². The summed E-state index contributed by atoms with van der Waals surface area (Å²) in [4.78, 5) is 23.1. The number of pyridine rings is 2. The van der Waals surface area contributed by atoms with Gasteiger partial charge >= 0.3 is 6.18 Å². The first-order chi connectivity index (χ1) is 17.7. The minimum atomic E-state index is -4.73. The predicted molar refractivity (Wildman–Crippen MR) is 136 cm³/mol. The molecule has 0 saturated carbocycles. The molecular formula is C25H31F4N5O3Si. The third-order valence-electron chi connectivity index (χ3n) is 6.70. The van der Waals surface area contributed by atoms with Gasteiger partial charge in [-0.2, -0.15) is 13.2 Å². The number of rotatable bonds is 8. The Hall–Kier alpha value is -3.03. The van der Waals surface area contributed by atoms with Crippen LogP contribution in [0, 0.1) is 5.82 Å². The smallest absolute Gasteiger partial charge is 0.383 e. The number of carbonyl (C=O) groups excluding carboxylic acids is 1. The number of hydrogen-bond acceptors (Lipinski definition) is 6. The minimum Gasteiger partial charge on any atom is -0.383 e. The highest BCUT2D eigenvalue weighted by molar-refractivity contribution is 6.76. The minimum absolute atomic E-state index is 0.0716. The van der Waals surface area contributed by atoms with E-state index in [1.54, 1.807) is 10.6 Å². The fourth-order valence-corrected chi connectivity index (χ4v) is 5.06. The molecule has 38 heavy (non-hydrogen) atoms. The van der Waals surface area contributed by atoms with E-state index in [1.165, 1.54) is 18.9 Å². The summed E-state index contributed by atoms with van der Waals surface area (Å²) in [6, 6.07) is 1.94. The normalized spacial score (nSPS) is 14.7. The van der Waals surface area contributed by atoms with Crippen LogP contribution in [-0.2, 0) is 35.6 Å². The highest BCUT2D eigenvalue weighted by Crippen LogP contribution is 2.35. The molecule has 0 aromatic carbocycles. The van der Waals surface area contributed by atoms with E-state index in [0.717, 1.165) is 17.2 Å². The van der Waals surface area contributed by atoms with Gasteiger partial charge in [-0.05, 0) is 25.1 Å². The van der Waals surface area contributed by atoms with Crippen LogP contribution in [0.3, 0.4) is 0 Å². The van der Waals surface area contributed by atoms with Gasteiger partial charge in [0.05, 0.1) is 41.5 Å². The fourth-order valence-electron chi connectivity index (χ4n) is 4.30. The average Bonchev–Trinajstić information content (AvgIpc) is 3.44. The van der Waals surface area contributed by atoms with Gasteiger partial charge in [-0.3, -0.25) is 9.78 Å². The highest BCUT2D eigenvalue weighted by atomic mass is 28.3. The van der Waals surface area contributed by atoms with Gasteiger partial charge in [0.15, 0.2) is 0 Å². The van der Waals surface area contributed by atoms with Crippen LogP contribution in [0.1, 0.15) is 45.8 Å². The summed E-state index contributed by atoms with van der Waals surface area (Å²) in [5.41, 5.74) is 7.63. The van der Waals surface area contributed by atoms with Crippen LogP contribution in [0.15, 0.2) is 18.3 Å². The number of nitrogens with zero attached hydrogens (tertiary/aromatic N) is 4. The number of alkyl halides is 3. The van der Waals surface area contributed by atoms with Crippen LogP contribution >= 0.6 is 0 Å². The molecule has 1 atom stereocenters. The fraction of sp³-hybridized carbons (Fsp3) is 0.480. The van der Waals surface area contributed by atoms with Crippen LogP contribution in [0.2, 0.25) is 25.7 Å². The molecule has 0 spiro atoms. The number of aromatic nitrogens is 3. The van der Waals surface area contributed by atoms with Gasteiger partial charge in [-0.25, -0.2) is 9.37 Å². The third kappa shape index (κ3) is 5.54. The second kappa shape index (κ2) is 10.3. The van der Waals surface area contributed by atoms with E-state index in [4.69, 9.17) is 15.2 Å². The molecule has 2 N–H and O–H groups in total. The molecule has 0 saturated heterocycles. The molecule has 3 aromatic heterocycles. The lowest BCUT2D eigenvalue weighted by molar-refractivity contribution is -0.138. The van der Waals surface area contributed by atoms with Crippen molar-refractivity contribution in [3.8, 4) is 0 Å². The molecule has 4 rings (SSSR count). The molecular weight excluding hydrogens is 522 g/mol. The Kier molecular flexibility index (Phi) is 7.56. The van der Waals surface area contributed by atoms with Gasteiger partial charge in [0.25, 0.3) is 5.91 Å². The molecule has 0 fully saturated rings. The number of carbonyl (C=O) groups is 1. The van der Waals surface area contributed by atoms with E-state index in [2.05, 4.69) is 29.6 Å². The van der Waals surface area contributed by atoms with Crippen molar-refractivity contribution in [3.05, 3.63) is 52.2 Å². The average molecular weight is 554 g/mol. The topological polar surface area (TPSA) is 95.5 Å². The van der Waals surface area contributed by atoms with E-state index >= 15 is 0 Å². The van der Waals surface area contributed by atoms with Gasteiger partial charge in [0.1, 0.15) is 24.1 Å². The van der Waals surface area contributed by atoms with Gasteiger partial charge in [0.2, 0.25) is 0 Å². The monoisotopic (exact) mass is 553 g/mol. The molecule has 1 aliphatic heterocycles. The number of anilines is 1. The summed E-state index contributed by atoms with van der Waals surface area (Å²) >= 11 is 0. The van der Waals surface area contributed by atoms with Crippen molar-refractivity contribution in [1.82, 2.24) is 19.4 Å². The molecule has 3 aromatic rings. The molecule has 1 aliphatic rings. The summed E-state index contributed by atoms with van der Waals surface area (Å²) in [5.74, 6) is -1.33. The van der Waals surface area contributed by atoms with Crippen molar-refractivity contribution < 1.29 is 31.8 Å². The zero-order valence-corrected chi connectivity index (χ0v) is 22.9. The zero-order chi connectivity index (χ0) is 28.0. The Morgan fingerprint density at radius 2 is 1.95 bits per heavy atom. The maximum Gasteiger partial charge on any atom is 0.417 e.